The molecule has 74 valence electrons. The smallest absolute Gasteiger partial charge is 0.00912 e. The Hall–Kier alpha value is -0.480. The van der Waals surface area contributed by atoms with Gasteiger partial charge in [-0.3, -0.25) is 0 Å². The minimum Gasteiger partial charge on any atom is -0.314 e. The van der Waals surface area contributed by atoms with Crippen LogP contribution in [0.5, 0.6) is 0 Å². The maximum absolute atomic E-state index is 5.29. The molecule has 2 unspecified atom stereocenters. The van der Waals surface area contributed by atoms with Crippen LogP contribution in [0.3, 0.4) is 0 Å². The Kier molecular flexibility index (Phi) is 3.81. The predicted octanol–water partition coefficient (Wildman–Crippen LogP) is 2.57. The van der Waals surface area contributed by atoms with E-state index in [1.54, 1.807) is 0 Å². The van der Waals surface area contributed by atoms with Crippen molar-refractivity contribution >= 4 is 0 Å². The largest absolute Gasteiger partial charge is 0.314 e. The van der Waals surface area contributed by atoms with Crippen molar-refractivity contribution in [2.75, 3.05) is 6.54 Å². The normalized spacial score (nSPS) is 33.2. The molecule has 0 aromatic heterocycles. The van der Waals surface area contributed by atoms with Crippen LogP contribution in [0.15, 0.2) is 0 Å². The summed E-state index contributed by atoms with van der Waals surface area (Å²) in [6, 6.07) is 0.743. The van der Waals surface area contributed by atoms with E-state index in [-0.39, 0.29) is 0 Å². The van der Waals surface area contributed by atoms with Gasteiger partial charge in [0.25, 0.3) is 0 Å². The van der Waals surface area contributed by atoms with E-state index in [9.17, 15) is 0 Å². The van der Waals surface area contributed by atoms with Gasteiger partial charge in [0.1, 0.15) is 0 Å². The lowest BCUT2D eigenvalue weighted by molar-refractivity contribution is 0.303. The molecule has 0 spiro atoms. The highest BCUT2D eigenvalue weighted by molar-refractivity contribution is 4.93. The van der Waals surface area contributed by atoms with E-state index in [0.717, 1.165) is 19.0 Å². The molecule has 1 N–H and O–H groups in total. The molecule has 1 rings (SSSR count). The fraction of sp³-hybridized carbons (Fsp3) is 0.833. The van der Waals surface area contributed by atoms with E-state index in [4.69, 9.17) is 6.42 Å². The van der Waals surface area contributed by atoms with Crippen LogP contribution in [0.4, 0.5) is 0 Å². The van der Waals surface area contributed by atoms with Crippen LogP contribution < -0.4 is 5.32 Å². The van der Waals surface area contributed by atoms with Gasteiger partial charge in [-0.15, -0.1) is 12.3 Å². The molecular weight excluding hydrogens is 158 g/mol. The summed E-state index contributed by atoms with van der Waals surface area (Å²) >= 11 is 0. The lowest BCUT2D eigenvalue weighted by Gasteiger charge is -2.23. The minimum atomic E-state index is 0.513. The molecule has 1 aliphatic rings. The van der Waals surface area contributed by atoms with Crippen LogP contribution in [-0.4, -0.2) is 12.6 Å². The van der Waals surface area contributed by atoms with Gasteiger partial charge in [-0.1, -0.05) is 13.8 Å². The summed E-state index contributed by atoms with van der Waals surface area (Å²) in [5, 5.41) is 3.52. The highest BCUT2D eigenvalue weighted by Crippen LogP contribution is 2.41. The van der Waals surface area contributed by atoms with E-state index in [0.29, 0.717) is 5.41 Å². The summed E-state index contributed by atoms with van der Waals surface area (Å²) in [5.41, 5.74) is 0.513. The first-order valence-corrected chi connectivity index (χ1v) is 5.37. The molecule has 0 aromatic carbocycles. The first-order valence-electron chi connectivity index (χ1n) is 5.37. The Morgan fingerprint density at radius 1 is 1.62 bits per heavy atom. The predicted molar refractivity (Wildman–Crippen MR) is 57.5 cm³/mol. The quantitative estimate of drug-likeness (QED) is 0.654. The van der Waals surface area contributed by atoms with Crippen LogP contribution in [0.2, 0.25) is 0 Å². The molecule has 1 nitrogen and oxygen atoms in total. The molecule has 0 aromatic rings. The standard InChI is InChI=1S/C12H21N/c1-4-6-8-12(3)9-7-11(10-12)13-5-2/h1,11,13H,5-10H2,2-3H3. The van der Waals surface area contributed by atoms with Gasteiger partial charge in [0, 0.05) is 12.5 Å². The molecule has 13 heavy (non-hydrogen) atoms. The molecule has 0 aliphatic heterocycles. The lowest BCUT2D eigenvalue weighted by atomic mass is 9.84. The molecule has 1 heteroatoms. The number of rotatable bonds is 4. The lowest BCUT2D eigenvalue weighted by Crippen LogP contribution is -2.27. The van der Waals surface area contributed by atoms with Crippen molar-refractivity contribution in [3.05, 3.63) is 0 Å². The maximum Gasteiger partial charge on any atom is 0.00912 e. The van der Waals surface area contributed by atoms with E-state index in [2.05, 4.69) is 25.1 Å². The second kappa shape index (κ2) is 4.67. The summed E-state index contributed by atoms with van der Waals surface area (Å²) < 4.78 is 0. The Labute approximate surface area is 82.3 Å². The zero-order chi connectivity index (χ0) is 9.73. The number of hydrogen-bond acceptors (Lipinski definition) is 1. The van der Waals surface area contributed by atoms with Crippen molar-refractivity contribution in [1.29, 1.82) is 0 Å². The van der Waals surface area contributed by atoms with Gasteiger partial charge in [0.15, 0.2) is 0 Å². The fourth-order valence-corrected chi connectivity index (χ4v) is 2.39. The minimum absolute atomic E-state index is 0.513. The second-order valence-corrected chi connectivity index (χ2v) is 4.51. The Balaban J connectivity index is 2.33. The van der Waals surface area contributed by atoms with Gasteiger partial charge >= 0.3 is 0 Å². The molecule has 1 fully saturated rings. The summed E-state index contributed by atoms with van der Waals surface area (Å²) in [6.45, 7) is 5.65. The number of terminal acetylenes is 1. The summed E-state index contributed by atoms with van der Waals surface area (Å²) in [4.78, 5) is 0. The molecule has 0 amide bonds. The first-order chi connectivity index (χ1) is 6.20. The molecule has 0 radical (unpaired) electrons. The Bertz CT molecular complexity index is 192. The van der Waals surface area contributed by atoms with Gasteiger partial charge in [0.05, 0.1) is 0 Å². The summed E-state index contributed by atoms with van der Waals surface area (Å²) in [7, 11) is 0. The van der Waals surface area contributed by atoms with Crippen molar-refractivity contribution in [3.63, 3.8) is 0 Å². The van der Waals surface area contributed by atoms with E-state index in [1.807, 2.05) is 0 Å². The van der Waals surface area contributed by atoms with Crippen molar-refractivity contribution in [3.8, 4) is 12.3 Å². The second-order valence-electron chi connectivity index (χ2n) is 4.51. The monoisotopic (exact) mass is 179 g/mol. The average Bonchev–Trinajstić information content (AvgIpc) is 2.46. The third kappa shape index (κ3) is 3.04. The molecule has 2 atom stereocenters. The number of nitrogens with one attached hydrogen (secondary N) is 1. The van der Waals surface area contributed by atoms with Crippen LogP contribution in [-0.2, 0) is 0 Å². The molecular formula is C12H21N. The SMILES string of the molecule is C#CCCC1(C)CCC(NCC)C1. The highest BCUT2D eigenvalue weighted by Gasteiger charge is 2.33. The van der Waals surface area contributed by atoms with Crippen molar-refractivity contribution < 1.29 is 0 Å². The molecule has 0 saturated heterocycles. The molecule has 0 heterocycles. The fourth-order valence-electron chi connectivity index (χ4n) is 2.39. The molecule has 0 bridgehead atoms. The van der Waals surface area contributed by atoms with Crippen molar-refractivity contribution in [1.82, 2.24) is 5.32 Å². The highest BCUT2D eigenvalue weighted by atomic mass is 14.9. The third-order valence-corrected chi connectivity index (χ3v) is 3.20. The van der Waals surface area contributed by atoms with Crippen molar-refractivity contribution in [2.24, 2.45) is 5.41 Å². The Morgan fingerprint density at radius 3 is 3.00 bits per heavy atom. The van der Waals surface area contributed by atoms with Crippen LogP contribution in [0.25, 0.3) is 0 Å². The van der Waals surface area contributed by atoms with E-state index in [1.165, 1.54) is 25.7 Å². The van der Waals surface area contributed by atoms with E-state index >= 15 is 0 Å². The van der Waals surface area contributed by atoms with Crippen LogP contribution in [0.1, 0.15) is 46.0 Å². The molecule has 1 saturated carbocycles. The topological polar surface area (TPSA) is 12.0 Å². The average molecular weight is 179 g/mol. The first kappa shape index (κ1) is 10.6. The summed E-state index contributed by atoms with van der Waals surface area (Å²) in [5.74, 6) is 2.75. The van der Waals surface area contributed by atoms with Gasteiger partial charge in [-0.05, 0) is 37.6 Å². The zero-order valence-electron chi connectivity index (χ0n) is 8.90. The van der Waals surface area contributed by atoms with Crippen LogP contribution >= 0.6 is 0 Å². The van der Waals surface area contributed by atoms with Gasteiger partial charge in [-0.2, -0.15) is 0 Å². The number of hydrogen-bond donors (Lipinski definition) is 1. The zero-order valence-corrected chi connectivity index (χ0v) is 8.90. The third-order valence-electron chi connectivity index (χ3n) is 3.20. The Morgan fingerprint density at radius 2 is 2.38 bits per heavy atom. The molecule has 1 aliphatic carbocycles. The van der Waals surface area contributed by atoms with Crippen molar-refractivity contribution in [2.45, 2.75) is 52.0 Å². The van der Waals surface area contributed by atoms with Gasteiger partial charge in [-0.25, -0.2) is 0 Å². The van der Waals surface area contributed by atoms with E-state index < -0.39 is 0 Å². The van der Waals surface area contributed by atoms with Gasteiger partial charge in [0.2, 0.25) is 0 Å². The van der Waals surface area contributed by atoms with Crippen LogP contribution in [0, 0.1) is 17.8 Å². The maximum atomic E-state index is 5.29. The van der Waals surface area contributed by atoms with Gasteiger partial charge < -0.3 is 5.32 Å². The summed E-state index contributed by atoms with van der Waals surface area (Å²) in [6.07, 6.45) is 11.4.